The molecule has 0 aromatic heterocycles. The number of ether oxygens (including phenoxy) is 4. The molecule has 0 bridgehead atoms. The summed E-state index contributed by atoms with van der Waals surface area (Å²) < 4.78 is 21.8. The van der Waals surface area contributed by atoms with Crippen LogP contribution >= 0.6 is 12.4 Å². The molecule has 8 heteroatoms. The first-order chi connectivity index (χ1) is 12.7. The van der Waals surface area contributed by atoms with Crippen molar-refractivity contribution in [3.05, 3.63) is 17.7 Å². The Kier molecular flexibility index (Phi) is 8.41. The highest BCUT2D eigenvalue weighted by molar-refractivity contribution is 5.88. The van der Waals surface area contributed by atoms with Gasteiger partial charge in [0.05, 0.1) is 27.4 Å². The Bertz CT molecular complexity index is 658. The molecule has 1 aliphatic carbocycles. The highest BCUT2D eigenvalue weighted by atomic mass is 35.5. The van der Waals surface area contributed by atoms with Gasteiger partial charge in [0, 0.05) is 42.7 Å². The predicted molar refractivity (Wildman–Crippen MR) is 111 cm³/mol. The van der Waals surface area contributed by atoms with Crippen LogP contribution in [0.25, 0.3) is 0 Å². The fourth-order valence-corrected chi connectivity index (χ4v) is 3.60. The molecule has 1 aromatic rings. The predicted octanol–water partition coefficient (Wildman–Crippen LogP) is 2.33. The van der Waals surface area contributed by atoms with Crippen molar-refractivity contribution in [2.24, 2.45) is 11.1 Å². The number of hydrogen-bond donors (Lipinski definition) is 2. The van der Waals surface area contributed by atoms with Crippen molar-refractivity contribution in [2.45, 2.75) is 45.3 Å². The van der Waals surface area contributed by atoms with E-state index in [1.54, 1.807) is 33.5 Å². The number of amides is 1. The standard InChI is InChI=1S/C20H32N2O5.ClH/c1-7-27-17-12-20(21,19(17,2)3)18(23)22-9-8-14-15(25-5)10-13(24-4)11-16(14)26-6;/h10-11,17H,7-9,12,21H2,1-6H3,(H,22,23);1H. The molecule has 1 aliphatic rings. The Morgan fingerprint density at radius 1 is 1.18 bits per heavy atom. The zero-order chi connectivity index (χ0) is 20.2. The molecule has 3 N–H and O–H groups in total. The van der Waals surface area contributed by atoms with E-state index in [9.17, 15) is 4.79 Å². The minimum Gasteiger partial charge on any atom is -0.496 e. The fourth-order valence-electron chi connectivity index (χ4n) is 3.60. The van der Waals surface area contributed by atoms with Gasteiger partial charge in [0.25, 0.3) is 0 Å². The van der Waals surface area contributed by atoms with Crippen molar-refractivity contribution in [1.82, 2.24) is 5.32 Å². The first-order valence-corrected chi connectivity index (χ1v) is 9.22. The summed E-state index contributed by atoms with van der Waals surface area (Å²) in [5.41, 5.74) is 5.94. The summed E-state index contributed by atoms with van der Waals surface area (Å²) in [4.78, 5) is 12.7. The number of hydrogen-bond acceptors (Lipinski definition) is 6. The lowest BCUT2D eigenvalue weighted by Crippen LogP contribution is -2.75. The minimum atomic E-state index is -0.930. The molecule has 0 radical (unpaired) electrons. The molecule has 0 saturated heterocycles. The largest absolute Gasteiger partial charge is 0.496 e. The van der Waals surface area contributed by atoms with Crippen LogP contribution < -0.4 is 25.3 Å². The monoisotopic (exact) mass is 416 g/mol. The third-order valence-corrected chi connectivity index (χ3v) is 5.71. The summed E-state index contributed by atoms with van der Waals surface area (Å²) in [5, 5.41) is 2.96. The lowest BCUT2D eigenvalue weighted by atomic mass is 9.54. The first kappa shape index (κ1) is 24.3. The number of methoxy groups -OCH3 is 3. The Labute approximate surface area is 173 Å². The average Bonchev–Trinajstić information content (AvgIpc) is 2.67. The molecule has 28 heavy (non-hydrogen) atoms. The maximum atomic E-state index is 12.7. The molecule has 7 nitrogen and oxygen atoms in total. The summed E-state index contributed by atoms with van der Waals surface area (Å²) in [6.07, 6.45) is 1.07. The van der Waals surface area contributed by atoms with Crippen LogP contribution in [-0.2, 0) is 16.0 Å². The summed E-state index contributed by atoms with van der Waals surface area (Å²) >= 11 is 0. The van der Waals surface area contributed by atoms with Gasteiger partial charge in [-0.25, -0.2) is 0 Å². The van der Waals surface area contributed by atoms with Gasteiger partial charge in [-0.3, -0.25) is 4.79 Å². The molecule has 1 fully saturated rings. The average molecular weight is 417 g/mol. The van der Waals surface area contributed by atoms with Gasteiger partial charge >= 0.3 is 0 Å². The Hall–Kier alpha value is -1.70. The van der Waals surface area contributed by atoms with Gasteiger partial charge in [0.2, 0.25) is 5.91 Å². The Morgan fingerprint density at radius 3 is 2.18 bits per heavy atom. The van der Waals surface area contributed by atoms with E-state index in [1.165, 1.54) is 0 Å². The second kappa shape index (κ2) is 9.67. The van der Waals surface area contributed by atoms with Gasteiger partial charge in [-0.15, -0.1) is 12.4 Å². The van der Waals surface area contributed by atoms with Crippen LogP contribution in [0.15, 0.2) is 12.1 Å². The number of rotatable bonds is 9. The van der Waals surface area contributed by atoms with E-state index in [1.807, 2.05) is 20.8 Å². The van der Waals surface area contributed by atoms with Crippen LogP contribution in [0, 0.1) is 5.41 Å². The zero-order valence-electron chi connectivity index (χ0n) is 17.6. The van der Waals surface area contributed by atoms with Gasteiger partial charge in [0.15, 0.2) is 0 Å². The van der Waals surface area contributed by atoms with Crippen LogP contribution in [0.4, 0.5) is 0 Å². The maximum Gasteiger partial charge on any atom is 0.240 e. The highest BCUT2D eigenvalue weighted by Gasteiger charge is 2.62. The molecular weight excluding hydrogens is 384 g/mol. The van der Waals surface area contributed by atoms with Crippen molar-refractivity contribution in [2.75, 3.05) is 34.5 Å². The van der Waals surface area contributed by atoms with Crippen LogP contribution in [0.2, 0.25) is 0 Å². The smallest absolute Gasteiger partial charge is 0.240 e. The van der Waals surface area contributed by atoms with E-state index in [2.05, 4.69) is 5.32 Å². The van der Waals surface area contributed by atoms with E-state index < -0.39 is 11.0 Å². The Balaban J connectivity index is 0.00000392. The molecular formula is C20H33ClN2O5. The highest BCUT2D eigenvalue weighted by Crippen LogP contribution is 2.49. The van der Waals surface area contributed by atoms with Crippen LogP contribution in [0.5, 0.6) is 17.2 Å². The van der Waals surface area contributed by atoms with Crippen molar-refractivity contribution < 1.29 is 23.7 Å². The molecule has 160 valence electrons. The number of carbonyl (C=O) groups excluding carboxylic acids is 1. The van der Waals surface area contributed by atoms with E-state index >= 15 is 0 Å². The van der Waals surface area contributed by atoms with Crippen molar-refractivity contribution in [1.29, 1.82) is 0 Å². The van der Waals surface area contributed by atoms with E-state index in [4.69, 9.17) is 24.7 Å². The van der Waals surface area contributed by atoms with Crippen LogP contribution in [0.3, 0.4) is 0 Å². The van der Waals surface area contributed by atoms with E-state index in [-0.39, 0.29) is 24.4 Å². The summed E-state index contributed by atoms with van der Waals surface area (Å²) in [6.45, 7) is 6.94. The second-order valence-electron chi connectivity index (χ2n) is 7.36. The molecule has 0 heterocycles. The van der Waals surface area contributed by atoms with E-state index in [0.717, 1.165) is 5.56 Å². The maximum absolute atomic E-state index is 12.7. The molecule has 0 aliphatic heterocycles. The number of halogens is 1. The molecule has 0 spiro atoms. The van der Waals surface area contributed by atoms with Gasteiger partial charge in [-0.1, -0.05) is 13.8 Å². The molecule has 1 aromatic carbocycles. The Morgan fingerprint density at radius 2 is 1.75 bits per heavy atom. The second-order valence-corrected chi connectivity index (χ2v) is 7.36. The van der Waals surface area contributed by atoms with Gasteiger partial charge in [-0.2, -0.15) is 0 Å². The number of benzene rings is 1. The fraction of sp³-hybridized carbons (Fsp3) is 0.650. The number of nitrogens with two attached hydrogens (primary N) is 1. The summed E-state index contributed by atoms with van der Waals surface area (Å²) in [5.74, 6) is 1.80. The SMILES string of the molecule is CCOC1CC(N)(C(=O)NCCc2c(OC)cc(OC)cc2OC)C1(C)C.Cl. The normalized spacial score (nSPS) is 22.5. The lowest BCUT2D eigenvalue weighted by Gasteiger charge is -2.57. The van der Waals surface area contributed by atoms with Crippen molar-refractivity contribution >= 4 is 18.3 Å². The summed E-state index contributed by atoms with van der Waals surface area (Å²) in [6, 6.07) is 3.59. The van der Waals surface area contributed by atoms with Gasteiger partial charge in [-0.05, 0) is 13.3 Å². The molecule has 2 atom stereocenters. The van der Waals surface area contributed by atoms with E-state index in [0.29, 0.717) is 43.2 Å². The lowest BCUT2D eigenvalue weighted by molar-refractivity contribution is -0.170. The first-order valence-electron chi connectivity index (χ1n) is 9.22. The van der Waals surface area contributed by atoms with Crippen LogP contribution in [-0.4, -0.2) is 52.0 Å². The third-order valence-electron chi connectivity index (χ3n) is 5.71. The topological polar surface area (TPSA) is 92.0 Å². The molecule has 2 rings (SSSR count). The quantitative estimate of drug-likeness (QED) is 0.641. The van der Waals surface area contributed by atoms with Crippen LogP contribution in [0.1, 0.15) is 32.8 Å². The third kappa shape index (κ3) is 4.31. The van der Waals surface area contributed by atoms with Crippen molar-refractivity contribution in [3.63, 3.8) is 0 Å². The summed E-state index contributed by atoms with van der Waals surface area (Å²) in [7, 11) is 4.77. The zero-order valence-corrected chi connectivity index (χ0v) is 18.4. The van der Waals surface area contributed by atoms with Crippen molar-refractivity contribution in [3.8, 4) is 17.2 Å². The molecule has 1 saturated carbocycles. The van der Waals surface area contributed by atoms with Gasteiger partial charge in [0.1, 0.15) is 22.8 Å². The van der Waals surface area contributed by atoms with Gasteiger partial charge < -0.3 is 30.0 Å². The number of carbonyl (C=O) groups is 1. The molecule has 1 amide bonds. The number of nitrogens with one attached hydrogen (secondary N) is 1. The molecule has 2 unspecified atom stereocenters. The minimum absolute atomic E-state index is 0.